The number of nitrogens with zero attached hydrogens (tertiary/aromatic N) is 2. The molecular weight excluding hydrogens is 328 g/mol. The lowest BCUT2D eigenvalue weighted by molar-refractivity contribution is -0.129. The van der Waals surface area contributed by atoms with Gasteiger partial charge in [0, 0.05) is 19.6 Å². The fourth-order valence-electron chi connectivity index (χ4n) is 2.98. The van der Waals surface area contributed by atoms with Gasteiger partial charge in [0.25, 0.3) is 0 Å². The predicted octanol–water partition coefficient (Wildman–Crippen LogP) is 3.27. The van der Waals surface area contributed by atoms with E-state index in [2.05, 4.69) is 0 Å². The lowest BCUT2D eigenvalue weighted by Crippen LogP contribution is -2.51. The van der Waals surface area contributed by atoms with Gasteiger partial charge in [0.15, 0.2) is 0 Å². The van der Waals surface area contributed by atoms with Crippen LogP contribution in [0.25, 0.3) is 0 Å². The highest BCUT2D eigenvalue weighted by Gasteiger charge is 2.30. The Balaban J connectivity index is 1.94. The van der Waals surface area contributed by atoms with Gasteiger partial charge in [-0.25, -0.2) is 4.79 Å². The highest BCUT2D eigenvalue weighted by Crippen LogP contribution is 2.20. The maximum atomic E-state index is 12.5. The number of likely N-dealkylation sites (N-methyl/N-ethyl adjacent to an activating group) is 1. The Morgan fingerprint density at radius 2 is 2.04 bits per heavy atom. The molecule has 1 aliphatic heterocycles. The Bertz CT molecular complexity index is 538. The Labute approximate surface area is 148 Å². The van der Waals surface area contributed by atoms with Crippen LogP contribution < -0.4 is 0 Å². The molecule has 0 aliphatic carbocycles. The number of halogens is 1. The van der Waals surface area contributed by atoms with Crippen molar-refractivity contribution in [3.8, 4) is 0 Å². The Morgan fingerprint density at radius 1 is 1.29 bits per heavy atom. The van der Waals surface area contributed by atoms with E-state index < -0.39 is 0 Å². The molecule has 2 rings (SSSR count). The van der Waals surface area contributed by atoms with Crippen molar-refractivity contribution in [2.45, 2.75) is 38.8 Å². The average molecular weight is 353 g/mol. The van der Waals surface area contributed by atoms with Crippen LogP contribution >= 0.6 is 11.6 Å². The Morgan fingerprint density at radius 3 is 2.71 bits per heavy atom. The number of ether oxygens (including phenoxy) is 1. The second-order valence-corrected chi connectivity index (χ2v) is 6.22. The van der Waals surface area contributed by atoms with E-state index in [0.29, 0.717) is 19.6 Å². The third kappa shape index (κ3) is 5.13. The summed E-state index contributed by atoms with van der Waals surface area (Å²) in [5.74, 6) is -0.124. The zero-order chi connectivity index (χ0) is 17.4. The SMILES string of the molecule is CCN(CC1CCCCN1C(=O)OCc1ccccc1)C(=O)CCl. The lowest BCUT2D eigenvalue weighted by atomic mass is 10.0. The van der Waals surface area contributed by atoms with Crippen molar-refractivity contribution >= 4 is 23.6 Å². The summed E-state index contributed by atoms with van der Waals surface area (Å²) < 4.78 is 5.46. The number of carbonyl (C=O) groups is 2. The molecular formula is C18H25ClN2O3. The number of hydrogen-bond donors (Lipinski definition) is 0. The number of hydrogen-bond acceptors (Lipinski definition) is 3. The van der Waals surface area contributed by atoms with Crippen LogP contribution in [-0.2, 0) is 16.1 Å². The number of alkyl halides is 1. The van der Waals surface area contributed by atoms with Gasteiger partial charge in [0.1, 0.15) is 12.5 Å². The fraction of sp³-hybridized carbons (Fsp3) is 0.556. The van der Waals surface area contributed by atoms with E-state index in [1.807, 2.05) is 37.3 Å². The van der Waals surface area contributed by atoms with Crippen molar-refractivity contribution in [2.24, 2.45) is 0 Å². The molecule has 1 unspecified atom stereocenters. The molecule has 0 aromatic heterocycles. The third-order valence-corrected chi connectivity index (χ3v) is 4.58. The van der Waals surface area contributed by atoms with E-state index in [0.717, 1.165) is 24.8 Å². The average Bonchev–Trinajstić information content (AvgIpc) is 2.64. The zero-order valence-electron chi connectivity index (χ0n) is 14.1. The zero-order valence-corrected chi connectivity index (χ0v) is 14.9. The molecule has 5 nitrogen and oxygen atoms in total. The maximum Gasteiger partial charge on any atom is 0.410 e. The Hall–Kier alpha value is -1.75. The summed E-state index contributed by atoms with van der Waals surface area (Å²) in [6, 6.07) is 9.62. The normalized spacial score (nSPS) is 17.4. The second kappa shape index (κ2) is 9.52. The van der Waals surface area contributed by atoms with Crippen molar-refractivity contribution in [1.29, 1.82) is 0 Å². The summed E-state index contributed by atoms with van der Waals surface area (Å²) in [5, 5.41) is 0. The number of rotatable bonds is 6. The number of amides is 2. The van der Waals surface area contributed by atoms with Crippen LogP contribution in [0.3, 0.4) is 0 Å². The first-order chi connectivity index (χ1) is 11.7. The first-order valence-electron chi connectivity index (χ1n) is 8.46. The van der Waals surface area contributed by atoms with E-state index in [1.165, 1.54) is 0 Å². The van der Waals surface area contributed by atoms with E-state index >= 15 is 0 Å². The Kier molecular flexibility index (Phi) is 7.37. The van der Waals surface area contributed by atoms with Gasteiger partial charge in [-0.1, -0.05) is 30.3 Å². The molecule has 1 aromatic rings. The molecule has 1 aliphatic rings. The summed E-state index contributed by atoms with van der Waals surface area (Å²) in [6.07, 6.45) is 2.59. The molecule has 0 bridgehead atoms. The number of carbonyl (C=O) groups excluding carboxylic acids is 2. The largest absolute Gasteiger partial charge is 0.445 e. The van der Waals surface area contributed by atoms with Crippen LogP contribution in [0, 0.1) is 0 Å². The van der Waals surface area contributed by atoms with Gasteiger partial charge in [0.2, 0.25) is 5.91 Å². The molecule has 1 fully saturated rings. The predicted molar refractivity (Wildman–Crippen MR) is 93.9 cm³/mol. The van der Waals surface area contributed by atoms with Gasteiger partial charge in [0.05, 0.1) is 6.04 Å². The van der Waals surface area contributed by atoms with Crippen molar-refractivity contribution in [3.05, 3.63) is 35.9 Å². The molecule has 132 valence electrons. The van der Waals surface area contributed by atoms with Crippen LogP contribution in [0.1, 0.15) is 31.7 Å². The molecule has 6 heteroatoms. The van der Waals surface area contributed by atoms with E-state index in [1.54, 1.807) is 9.80 Å². The minimum atomic E-state index is -0.307. The molecule has 1 heterocycles. The quantitative estimate of drug-likeness (QED) is 0.738. The molecule has 0 N–H and O–H groups in total. The van der Waals surface area contributed by atoms with Gasteiger partial charge in [-0.05, 0) is 31.7 Å². The lowest BCUT2D eigenvalue weighted by Gasteiger charge is -2.37. The van der Waals surface area contributed by atoms with E-state index in [-0.39, 0.29) is 30.5 Å². The van der Waals surface area contributed by atoms with Crippen LogP contribution in [0.2, 0.25) is 0 Å². The smallest absolute Gasteiger partial charge is 0.410 e. The monoisotopic (exact) mass is 352 g/mol. The summed E-state index contributed by atoms with van der Waals surface area (Å²) in [6.45, 7) is 3.97. The summed E-state index contributed by atoms with van der Waals surface area (Å²) >= 11 is 5.66. The molecule has 1 aromatic carbocycles. The first kappa shape index (κ1) is 18.6. The number of likely N-dealkylation sites (tertiary alicyclic amines) is 1. The number of piperidine rings is 1. The first-order valence-corrected chi connectivity index (χ1v) is 9.00. The van der Waals surface area contributed by atoms with Gasteiger partial charge >= 0.3 is 6.09 Å². The van der Waals surface area contributed by atoms with Crippen LogP contribution in [0.5, 0.6) is 0 Å². The summed E-state index contributed by atoms with van der Waals surface area (Å²) in [4.78, 5) is 27.8. The second-order valence-electron chi connectivity index (χ2n) is 5.95. The molecule has 0 spiro atoms. The minimum absolute atomic E-state index is 0.00543. The van der Waals surface area contributed by atoms with Crippen LogP contribution in [0.4, 0.5) is 4.79 Å². The van der Waals surface area contributed by atoms with Gasteiger partial charge in [-0.15, -0.1) is 11.6 Å². The van der Waals surface area contributed by atoms with Crippen molar-refractivity contribution in [3.63, 3.8) is 0 Å². The topological polar surface area (TPSA) is 49.9 Å². The minimum Gasteiger partial charge on any atom is -0.445 e. The number of benzene rings is 1. The third-order valence-electron chi connectivity index (χ3n) is 4.35. The molecule has 24 heavy (non-hydrogen) atoms. The van der Waals surface area contributed by atoms with Crippen LogP contribution in [-0.4, -0.2) is 53.4 Å². The molecule has 0 radical (unpaired) electrons. The van der Waals surface area contributed by atoms with Gasteiger partial charge in [-0.3, -0.25) is 4.79 Å². The maximum absolute atomic E-state index is 12.5. The van der Waals surface area contributed by atoms with Crippen molar-refractivity contribution < 1.29 is 14.3 Å². The van der Waals surface area contributed by atoms with Gasteiger partial charge < -0.3 is 14.5 Å². The highest BCUT2D eigenvalue weighted by molar-refractivity contribution is 6.27. The molecule has 2 amide bonds. The van der Waals surface area contributed by atoms with E-state index in [4.69, 9.17) is 16.3 Å². The molecule has 0 saturated carbocycles. The van der Waals surface area contributed by atoms with Crippen molar-refractivity contribution in [2.75, 3.05) is 25.5 Å². The molecule has 1 saturated heterocycles. The summed E-state index contributed by atoms with van der Waals surface area (Å²) in [5.41, 5.74) is 0.965. The highest BCUT2D eigenvalue weighted by atomic mass is 35.5. The molecule has 1 atom stereocenters. The summed E-state index contributed by atoms with van der Waals surface area (Å²) in [7, 11) is 0. The fourth-order valence-corrected chi connectivity index (χ4v) is 3.15. The standard InChI is InChI=1S/C18H25ClN2O3/c1-2-20(17(22)12-19)13-16-10-6-7-11-21(16)18(23)24-14-15-8-4-3-5-9-15/h3-5,8-9,16H,2,6-7,10-14H2,1H3. The van der Waals surface area contributed by atoms with E-state index in [9.17, 15) is 9.59 Å². The van der Waals surface area contributed by atoms with Crippen LogP contribution in [0.15, 0.2) is 30.3 Å². The van der Waals surface area contributed by atoms with Gasteiger partial charge in [-0.2, -0.15) is 0 Å². The van der Waals surface area contributed by atoms with Crippen molar-refractivity contribution in [1.82, 2.24) is 9.80 Å².